The summed E-state index contributed by atoms with van der Waals surface area (Å²) < 4.78 is 0. The molecule has 3 heteroatoms. The first kappa shape index (κ1) is 15.0. The summed E-state index contributed by atoms with van der Waals surface area (Å²) >= 11 is 0. The first-order chi connectivity index (χ1) is 9.50. The van der Waals surface area contributed by atoms with Gasteiger partial charge in [-0.25, -0.2) is 0 Å². The highest BCUT2D eigenvalue weighted by Crippen LogP contribution is 2.34. The van der Waals surface area contributed by atoms with E-state index >= 15 is 0 Å². The maximum atomic E-state index is 11.5. The molecule has 2 rings (SSSR count). The average molecular weight is 276 g/mol. The fraction of sp³-hybridized carbons (Fsp3) is 0.588. The third kappa shape index (κ3) is 3.83. The van der Waals surface area contributed by atoms with Crippen LogP contribution in [0.2, 0.25) is 0 Å². The van der Waals surface area contributed by atoms with Crippen LogP contribution in [0.3, 0.4) is 0 Å². The molecular weight excluding hydrogens is 252 g/mol. The van der Waals surface area contributed by atoms with Crippen molar-refractivity contribution in [2.75, 3.05) is 0 Å². The Hall–Kier alpha value is -1.35. The van der Waals surface area contributed by atoms with Crippen molar-refractivity contribution >= 4 is 5.97 Å². The van der Waals surface area contributed by atoms with Crippen LogP contribution < -0.4 is 0 Å². The lowest BCUT2D eigenvalue weighted by Crippen LogP contribution is -2.36. The molecule has 1 aliphatic carbocycles. The molecular formula is C17H24O3. The monoisotopic (exact) mass is 276 g/mol. The average Bonchev–Trinajstić information content (AvgIpc) is 2.41. The number of aryl methyl sites for hydroxylation is 1. The van der Waals surface area contributed by atoms with Gasteiger partial charge in [-0.2, -0.15) is 0 Å². The molecule has 1 saturated carbocycles. The summed E-state index contributed by atoms with van der Waals surface area (Å²) in [5.74, 6) is -1.30. The van der Waals surface area contributed by atoms with Crippen LogP contribution in [0.15, 0.2) is 24.3 Å². The van der Waals surface area contributed by atoms with Crippen molar-refractivity contribution in [3.8, 4) is 0 Å². The molecule has 0 amide bonds. The van der Waals surface area contributed by atoms with Gasteiger partial charge in [0, 0.05) is 0 Å². The van der Waals surface area contributed by atoms with Crippen LogP contribution in [0.1, 0.15) is 49.7 Å². The van der Waals surface area contributed by atoms with Crippen LogP contribution in [0, 0.1) is 12.8 Å². The second-order valence-electron chi connectivity index (χ2n) is 6.15. The molecule has 1 unspecified atom stereocenters. The molecule has 0 heterocycles. The van der Waals surface area contributed by atoms with E-state index < -0.39 is 17.5 Å². The molecule has 3 nitrogen and oxygen atoms in total. The quantitative estimate of drug-likeness (QED) is 0.867. The number of carboxylic acids is 1. The summed E-state index contributed by atoms with van der Waals surface area (Å²) in [4.78, 5) is 11.5. The van der Waals surface area contributed by atoms with E-state index in [1.807, 2.05) is 31.2 Å². The van der Waals surface area contributed by atoms with Crippen LogP contribution in [-0.4, -0.2) is 21.8 Å². The zero-order chi connectivity index (χ0) is 14.6. The molecule has 1 aliphatic rings. The third-order valence-electron chi connectivity index (χ3n) is 4.49. The number of carbonyl (C=O) groups is 1. The molecule has 0 aliphatic heterocycles. The van der Waals surface area contributed by atoms with Crippen LogP contribution >= 0.6 is 0 Å². The van der Waals surface area contributed by atoms with Gasteiger partial charge in [0.15, 0.2) is 0 Å². The molecule has 1 aromatic carbocycles. The number of aliphatic hydroxyl groups is 1. The highest BCUT2D eigenvalue weighted by molar-refractivity contribution is 5.70. The number of hydrogen-bond donors (Lipinski definition) is 2. The number of carboxylic acid groups (broad SMARTS) is 1. The lowest BCUT2D eigenvalue weighted by molar-refractivity contribution is -0.145. The Kier molecular flexibility index (Phi) is 4.81. The molecule has 20 heavy (non-hydrogen) atoms. The van der Waals surface area contributed by atoms with Gasteiger partial charge in [0.2, 0.25) is 0 Å². The molecule has 1 fully saturated rings. The Bertz CT molecular complexity index is 461. The molecule has 0 radical (unpaired) electrons. The molecule has 0 spiro atoms. The van der Waals surface area contributed by atoms with Crippen molar-refractivity contribution in [2.45, 2.75) is 57.5 Å². The van der Waals surface area contributed by atoms with Gasteiger partial charge < -0.3 is 10.2 Å². The minimum absolute atomic E-state index is 0.372. The second-order valence-corrected chi connectivity index (χ2v) is 6.15. The van der Waals surface area contributed by atoms with E-state index in [9.17, 15) is 15.0 Å². The minimum Gasteiger partial charge on any atom is -0.481 e. The molecule has 2 N–H and O–H groups in total. The first-order valence-electron chi connectivity index (χ1n) is 7.50. The predicted octanol–water partition coefficient (Wildman–Crippen LogP) is 3.32. The van der Waals surface area contributed by atoms with Gasteiger partial charge in [0.1, 0.15) is 0 Å². The zero-order valence-electron chi connectivity index (χ0n) is 12.1. The smallest absolute Gasteiger partial charge is 0.306 e. The van der Waals surface area contributed by atoms with E-state index in [1.54, 1.807) is 0 Å². The molecule has 0 saturated heterocycles. The lowest BCUT2D eigenvalue weighted by atomic mass is 9.77. The van der Waals surface area contributed by atoms with Crippen molar-refractivity contribution in [3.63, 3.8) is 0 Å². The fourth-order valence-electron chi connectivity index (χ4n) is 3.22. The van der Waals surface area contributed by atoms with Crippen LogP contribution in [0.5, 0.6) is 0 Å². The van der Waals surface area contributed by atoms with E-state index in [0.29, 0.717) is 12.8 Å². The van der Waals surface area contributed by atoms with Crippen LogP contribution in [0.25, 0.3) is 0 Å². The summed E-state index contributed by atoms with van der Waals surface area (Å²) in [6, 6.07) is 7.89. The molecule has 1 aromatic rings. The van der Waals surface area contributed by atoms with E-state index in [0.717, 1.165) is 43.2 Å². The molecule has 110 valence electrons. The Morgan fingerprint density at radius 3 is 2.50 bits per heavy atom. The zero-order valence-corrected chi connectivity index (χ0v) is 12.1. The van der Waals surface area contributed by atoms with Gasteiger partial charge in [0.25, 0.3) is 0 Å². The summed E-state index contributed by atoms with van der Waals surface area (Å²) in [6.45, 7) is 2.00. The predicted molar refractivity (Wildman–Crippen MR) is 78.7 cm³/mol. The summed E-state index contributed by atoms with van der Waals surface area (Å²) in [5, 5.41) is 20.0. The Morgan fingerprint density at radius 2 is 1.90 bits per heavy atom. The maximum Gasteiger partial charge on any atom is 0.306 e. The van der Waals surface area contributed by atoms with Crippen molar-refractivity contribution < 1.29 is 15.0 Å². The molecule has 0 bridgehead atoms. The van der Waals surface area contributed by atoms with Crippen LogP contribution in [-0.2, 0) is 11.2 Å². The van der Waals surface area contributed by atoms with Gasteiger partial charge in [-0.15, -0.1) is 0 Å². The van der Waals surface area contributed by atoms with E-state index in [2.05, 4.69) is 0 Å². The highest BCUT2D eigenvalue weighted by atomic mass is 16.4. The standard InChI is InChI=1S/C17H24O3/c1-13-7-3-4-8-14(13)11-15(16(18)19)12-17(20)9-5-2-6-10-17/h3-4,7-8,15,20H,2,5-6,9-12H2,1H3,(H,18,19). The van der Waals surface area contributed by atoms with Crippen LogP contribution in [0.4, 0.5) is 0 Å². The van der Waals surface area contributed by atoms with E-state index in [1.165, 1.54) is 0 Å². The van der Waals surface area contributed by atoms with E-state index in [4.69, 9.17) is 0 Å². The Balaban J connectivity index is 2.08. The maximum absolute atomic E-state index is 11.5. The number of rotatable bonds is 5. The number of benzene rings is 1. The fourth-order valence-corrected chi connectivity index (χ4v) is 3.22. The summed E-state index contributed by atoms with van der Waals surface area (Å²) in [7, 11) is 0. The number of hydrogen-bond acceptors (Lipinski definition) is 2. The first-order valence-corrected chi connectivity index (χ1v) is 7.50. The minimum atomic E-state index is -0.799. The third-order valence-corrected chi connectivity index (χ3v) is 4.49. The van der Waals surface area contributed by atoms with Crippen molar-refractivity contribution in [2.24, 2.45) is 5.92 Å². The van der Waals surface area contributed by atoms with Gasteiger partial charge in [-0.3, -0.25) is 4.79 Å². The lowest BCUT2D eigenvalue weighted by Gasteiger charge is -2.34. The SMILES string of the molecule is Cc1ccccc1CC(CC1(O)CCCCC1)C(=O)O. The van der Waals surface area contributed by atoms with E-state index in [-0.39, 0.29) is 0 Å². The van der Waals surface area contributed by atoms with Gasteiger partial charge in [0.05, 0.1) is 11.5 Å². The number of aliphatic carboxylic acids is 1. The van der Waals surface area contributed by atoms with Crippen molar-refractivity contribution in [1.29, 1.82) is 0 Å². The van der Waals surface area contributed by atoms with Gasteiger partial charge in [-0.1, -0.05) is 43.5 Å². The molecule has 1 atom stereocenters. The summed E-state index contributed by atoms with van der Waals surface area (Å²) in [6.07, 6.45) is 5.52. The highest BCUT2D eigenvalue weighted by Gasteiger charge is 2.34. The normalized spacial score (nSPS) is 19.5. The Morgan fingerprint density at radius 1 is 1.25 bits per heavy atom. The van der Waals surface area contributed by atoms with Crippen molar-refractivity contribution in [1.82, 2.24) is 0 Å². The topological polar surface area (TPSA) is 57.5 Å². The largest absolute Gasteiger partial charge is 0.481 e. The molecule has 0 aromatic heterocycles. The Labute approximate surface area is 120 Å². The second kappa shape index (κ2) is 6.40. The van der Waals surface area contributed by atoms with Gasteiger partial charge in [-0.05, 0) is 43.7 Å². The van der Waals surface area contributed by atoms with Crippen molar-refractivity contribution in [3.05, 3.63) is 35.4 Å². The van der Waals surface area contributed by atoms with Gasteiger partial charge >= 0.3 is 5.97 Å². The summed E-state index contributed by atoms with van der Waals surface area (Å²) in [5.41, 5.74) is 1.41.